The van der Waals surface area contributed by atoms with Crippen molar-refractivity contribution in [3.8, 4) is 0 Å². The van der Waals surface area contributed by atoms with Gasteiger partial charge in [-0.15, -0.1) is 0 Å². The van der Waals surface area contributed by atoms with Crippen LogP contribution in [-0.2, 0) is 0 Å². The van der Waals surface area contributed by atoms with Crippen LogP contribution in [0.5, 0.6) is 0 Å². The molecule has 3 nitrogen and oxygen atoms in total. The van der Waals surface area contributed by atoms with Crippen LogP contribution in [0.3, 0.4) is 0 Å². The Balaban J connectivity index is 1.95. The summed E-state index contributed by atoms with van der Waals surface area (Å²) < 4.78 is 5.13. The normalized spacial score (nSPS) is 27.9. The molecule has 1 aliphatic rings. The van der Waals surface area contributed by atoms with E-state index in [0.717, 1.165) is 29.4 Å². The summed E-state index contributed by atoms with van der Waals surface area (Å²) in [5.41, 5.74) is 0. The van der Waals surface area contributed by atoms with Gasteiger partial charge in [0.05, 0.1) is 6.10 Å². The van der Waals surface area contributed by atoms with E-state index >= 15 is 0 Å². The lowest BCUT2D eigenvalue weighted by Crippen LogP contribution is -2.26. The molecule has 5 heteroatoms. The molecule has 2 atom stereocenters. The van der Waals surface area contributed by atoms with E-state index < -0.39 is 0 Å². The van der Waals surface area contributed by atoms with Gasteiger partial charge in [0.1, 0.15) is 5.82 Å². The first-order valence-electron chi connectivity index (χ1n) is 4.91. The fourth-order valence-electron chi connectivity index (χ4n) is 1.67. The second-order valence-corrected chi connectivity index (χ2v) is 5.85. The molecule has 0 aromatic carbocycles. The molecule has 1 heterocycles. The van der Waals surface area contributed by atoms with Gasteiger partial charge in [-0.2, -0.15) is 4.37 Å². The smallest absolute Gasteiger partial charge is 0.170 e. The summed E-state index contributed by atoms with van der Waals surface area (Å²) in [6, 6.07) is 0. The van der Waals surface area contributed by atoms with Crippen molar-refractivity contribution in [1.82, 2.24) is 9.36 Å². The molecule has 1 aromatic rings. The number of hydrogen-bond acceptors (Lipinski definition) is 5. The minimum Gasteiger partial charge on any atom is -0.392 e. The maximum atomic E-state index is 9.77. The van der Waals surface area contributed by atoms with Crippen molar-refractivity contribution >= 4 is 23.3 Å². The zero-order valence-corrected chi connectivity index (χ0v) is 9.77. The SMILES string of the molecule is Cc1nsc(S[C@@H]2CCCC[C@H]2O)n1. The molecule has 0 saturated heterocycles. The van der Waals surface area contributed by atoms with Gasteiger partial charge in [0, 0.05) is 5.25 Å². The summed E-state index contributed by atoms with van der Waals surface area (Å²) in [6.07, 6.45) is 4.28. The van der Waals surface area contributed by atoms with Crippen molar-refractivity contribution in [3.05, 3.63) is 5.82 Å². The highest BCUT2D eigenvalue weighted by molar-refractivity contribution is 8.01. The van der Waals surface area contributed by atoms with Gasteiger partial charge in [0.15, 0.2) is 4.34 Å². The molecule has 1 fully saturated rings. The molecular weight excluding hydrogens is 216 g/mol. The van der Waals surface area contributed by atoms with Crippen LogP contribution in [0.25, 0.3) is 0 Å². The topological polar surface area (TPSA) is 46.0 Å². The zero-order valence-electron chi connectivity index (χ0n) is 8.14. The molecule has 0 unspecified atom stereocenters. The average Bonchev–Trinajstić information content (AvgIpc) is 2.56. The van der Waals surface area contributed by atoms with Gasteiger partial charge in [0.25, 0.3) is 0 Å². The van der Waals surface area contributed by atoms with E-state index in [0.29, 0.717) is 5.25 Å². The molecule has 0 aliphatic heterocycles. The summed E-state index contributed by atoms with van der Waals surface area (Å²) >= 11 is 3.12. The molecule has 1 saturated carbocycles. The molecule has 0 radical (unpaired) electrons. The number of aliphatic hydroxyl groups is 1. The van der Waals surface area contributed by atoms with Gasteiger partial charge in [0.2, 0.25) is 0 Å². The minimum atomic E-state index is -0.155. The Labute approximate surface area is 92.1 Å². The maximum absolute atomic E-state index is 9.77. The Morgan fingerprint density at radius 1 is 1.43 bits per heavy atom. The van der Waals surface area contributed by atoms with Gasteiger partial charge in [-0.3, -0.25) is 0 Å². The summed E-state index contributed by atoms with van der Waals surface area (Å²) in [4.78, 5) is 4.30. The average molecular weight is 230 g/mol. The number of rotatable bonds is 2. The van der Waals surface area contributed by atoms with Crippen LogP contribution >= 0.6 is 23.3 Å². The van der Waals surface area contributed by atoms with Gasteiger partial charge < -0.3 is 5.11 Å². The van der Waals surface area contributed by atoms with Gasteiger partial charge in [-0.05, 0) is 31.3 Å². The predicted molar refractivity (Wildman–Crippen MR) is 58.8 cm³/mol. The Kier molecular flexibility index (Phi) is 3.41. The van der Waals surface area contributed by atoms with Crippen LogP contribution in [0, 0.1) is 6.92 Å². The molecule has 0 bridgehead atoms. The van der Waals surface area contributed by atoms with E-state index in [2.05, 4.69) is 9.36 Å². The highest BCUT2D eigenvalue weighted by Gasteiger charge is 2.24. The summed E-state index contributed by atoms with van der Waals surface area (Å²) in [5.74, 6) is 0.836. The number of thioether (sulfide) groups is 1. The van der Waals surface area contributed by atoms with E-state index in [1.54, 1.807) is 11.8 Å². The van der Waals surface area contributed by atoms with E-state index in [9.17, 15) is 5.11 Å². The molecule has 1 N–H and O–H groups in total. The fraction of sp³-hybridized carbons (Fsp3) is 0.778. The fourth-order valence-corrected chi connectivity index (χ4v) is 3.77. The molecule has 78 valence electrons. The Hall–Kier alpha value is -0.130. The lowest BCUT2D eigenvalue weighted by atomic mass is 9.97. The lowest BCUT2D eigenvalue weighted by molar-refractivity contribution is 0.137. The zero-order chi connectivity index (χ0) is 9.97. The molecule has 0 amide bonds. The number of nitrogens with zero attached hydrogens (tertiary/aromatic N) is 2. The first-order valence-corrected chi connectivity index (χ1v) is 6.56. The van der Waals surface area contributed by atoms with Crippen molar-refractivity contribution < 1.29 is 5.11 Å². The highest BCUT2D eigenvalue weighted by Crippen LogP contribution is 2.34. The molecule has 1 aliphatic carbocycles. The number of aromatic nitrogens is 2. The largest absolute Gasteiger partial charge is 0.392 e. The third kappa shape index (κ3) is 2.46. The van der Waals surface area contributed by atoms with E-state index in [4.69, 9.17) is 0 Å². The lowest BCUT2D eigenvalue weighted by Gasteiger charge is -2.25. The molecule has 1 aromatic heterocycles. The summed E-state index contributed by atoms with van der Waals surface area (Å²) in [7, 11) is 0. The predicted octanol–water partition coefficient (Wildman–Crippen LogP) is 2.24. The van der Waals surface area contributed by atoms with Crippen molar-refractivity contribution in [1.29, 1.82) is 0 Å². The number of aliphatic hydroxyl groups excluding tert-OH is 1. The van der Waals surface area contributed by atoms with Crippen molar-refractivity contribution in [3.63, 3.8) is 0 Å². The first-order chi connectivity index (χ1) is 6.75. The minimum absolute atomic E-state index is 0.155. The van der Waals surface area contributed by atoms with Gasteiger partial charge in [-0.25, -0.2) is 4.98 Å². The summed E-state index contributed by atoms with van der Waals surface area (Å²) in [5, 5.41) is 10.1. The molecular formula is C9H14N2OS2. The van der Waals surface area contributed by atoms with Crippen LogP contribution in [0.4, 0.5) is 0 Å². The van der Waals surface area contributed by atoms with E-state index in [1.165, 1.54) is 18.0 Å². The molecule has 2 rings (SSSR count). The van der Waals surface area contributed by atoms with Gasteiger partial charge in [-0.1, -0.05) is 24.6 Å². The van der Waals surface area contributed by atoms with Crippen molar-refractivity contribution in [2.24, 2.45) is 0 Å². The van der Waals surface area contributed by atoms with Crippen molar-refractivity contribution in [2.75, 3.05) is 0 Å². The van der Waals surface area contributed by atoms with E-state index in [1.807, 2.05) is 6.92 Å². The molecule has 14 heavy (non-hydrogen) atoms. The van der Waals surface area contributed by atoms with Crippen molar-refractivity contribution in [2.45, 2.75) is 48.3 Å². The Morgan fingerprint density at radius 3 is 2.86 bits per heavy atom. The van der Waals surface area contributed by atoms with Crippen LogP contribution in [0.1, 0.15) is 31.5 Å². The second kappa shape index (κ2) is 4.59. The number of hydrogen-bond donors (Lipinski definition) is 1. The standard InChI is InChI=1S/C9H14N2OS2/c1-6-10-9(14-11-6)13-8-5-3-2-4-7(8)12/h7-8,12H,2-5H2,1H3/t7-,8-/m1/s1. The highest BCUT2D eigenvalue weighted by atomic mass is 32.2. The maximum Gasteiger partial charge on any atom is 0.170 e. The number of aryl methyl sites for hydroxylation is 1. The third-order valence-electron chi connectivity index (χ3n) is 2.43. The Morgan fingerprint density at radius 2 is 2.21 bits per heavy atom. The molecule has 0 spiro atoms. The monoisotopic (exact) mass is 230 g/mol. The van der Waals surface area contributed by atoms with Gasteiger partial charge >= 0.3 is 0 Å². The van der Waals surface area contributed by atoms with Crippen LogP contribution < -0.4 is 0 Å². The first kappa shape index (κ1) is 10.4. The summed E-state index contributed by atoms with van der Waals surface area (Å²) in [6.45, 7) is 1.90. The quantitative estimate of drug-likeness (QED) is 0.846. The van der Waals surface area contributed by atoms with E-state index in [-0.39, 0.29) is 6.10 Å². The Bertz CT molecular complexity index is 303. The van der Waals surface area contributed by atoms with Crippen LogP contribution in [0.15, 0.2) is 4.34 Å². The second-order valence-electron chi connectivity index (χ2n) is 3.62. The third-order valence-corrected chi connectivity index (χ3v) is 4.69. The van der Waals surface area contributed by atoms with Crippen LogP contribution in [0.2, 0.25) is 0 Å². The van der Waals surface area contributed by atoms with Crippen LogP contribution in [-0.4, -0.2) is 25.8 Å².